The van der Waals surface area contributed by atoms with Crippen LogP contribution in [0, 0.1) is 17.5 Å². The number of nitrogens with one attached hydrogen (secondary N) is 1. The van der Waals surface area contributed by atoms with Gasteiger partial charge in [-0.1, -0.05) is 12.1 Å². The summed E-state index contributed by atoms with van der Waals surface area (Å²) in [4.78, 5) is 27.5. The molecule has 0 bridgehead atoms. The highest BCUT2D eigenvalue weighted by Gasteiger charge is 2.38. The Balaban J connectivity index is 1.27. The van der Waals surface area contributed by atoms with Crippen LogP contribution in [0.25, 0.3) is 0 Å². The van der Waals surface area contributed by atoms with Crippen molar-refractivity contribution >= 4 is 23.2 Å². The molecule has 0 radical (unpaired) electrons. The van der Waals surface area contributed by atoms with Gasteiger partial charge in [-0.05, 0) is 77.7 Å². The third kappa shape index (κ3) is 6.57. The average Bonchev–Trinajstić information content (AvgIpc) is 3.55. The van der Waals surface area contributed by atoms with Crippen LogP contribution in [0.3, 0.4) is 0 Å². The molecule has 1 saturated heterocycles. The zero-order valence-electron chi connectivity index (χ0n) is 19.9. The predicted molar refractivity (Wildman–Crippen MR) is 132 cm³/mol. The molecular weight excluding hydrogens is 505 g/mol. The molecule has 37 heavy (non-hydrogen) atoms. The van der Waals surface area contributed by atoms with Crippen molar-refractivity contribution in [2.45, 2.75) is 43.9 Å². The van der Waals surface area contributed by atoms with Crippen LogP contribution in [0.15, 0.2) is 53.9 Å². The van der Waals surface area contributed by atoms with Crippen molar-refractivity contribution in [3.8, 4) is 0 Å². The number of hydrogen-bond acceptors (Lipinski definition) is 5. The highest BCUT2D eigenvalue weighted by Crippen LogP contribution is 2.32. The first-order valence-electron chi connectivity index (χ1n) is 11.9. The maximum atomic E-state index is 13.9. The quantitative estimate of drug-likeness (QED) is 0.394. The maximum Gasteiger partial charge on any atom is 0.255 e. The molecule has 196 valence electrons. The molecule has 1 aliphatic heterocycles. The van der Waals surface area contributed by atoms with Crippen LogP contribution >= 0.6 is 11.3 Å². The normalized spacial score (nSPS) is 17.0. The van der Waals surface area contributed by atoms with Gasteiger partial charge in [0, 0.05) is 24.4 Å². The third-order valence-electron chi connectivity index (χ3n) is 6.39. The molecule has 0 spiro atoms. The Morgan fingerprint density at radius 2 is 1.76 bits per heavy atom. The van der Waals surface area contributed by atoms with Crippen molar-refractivity contribution in [3.05, 3.63) is 92.9 Å². The molecule has 4 rings (SSSR count). The van der Waals surface area contributed by atoms with Crippen molar-refractivity contribution in [1.29, 1.82) is 0 Å². The number of likely N-dealkylation sites (tertiary alicyclic amines) is 1. The van der Waals surface area contributed by atoms with E-state index in [1.54, 1.807) is 12.1 Å². The lowest BCUT2D eigenvalue weighted by atomic mass is 10.0. The number of thiophene rings is 1. The van der Waals surface area contributed by atoms with Gasteiger partial charge < -0.3 is 20.4 Å². The molecule has 2 aromatic carbocycles. The summed E-state index contributed by atoms with van der Waals surface area (Å²) in [6.07, 6.45) is -1.93. The number of carbonyl (C=O) groups excluding carboxylic acids is 2. The first-order chi connectivity index (χ1) is 17.7. The fraction of sp³-hybridized carbons (Fsp3) is 0.333. The Kier molecular flexibility index (Phi) is 8.63. The lowest BCUT2D eigenvalue weighted by Gasteiger charge is -2.28. The van der Waals surface area contributed by atoms with Crippen molar-refractivity contribution < 1.29 is 33.0 Å². The number of aliphatic hydroxyl groups excluding tert-OH is 2. The molecule has 1 fully saturated rings. The van der Waals surface area contributed by atoms with Crippen molar-refractivity contribution in [2.24, 2.45) is 0 Å². The van der Waals surface area contributed by atoms with E-state index in [9.17, 15) is 33.0 Å². The van der Waals surface area contributed by atoms with Gasteiger partial charge in [-0.25, -0.2) is 13.2 Å². The van der Waals surface area contributed by atoms with Crippen LogP contribution in [0.5, 0.6) is 0 Å². The molecule has 1 aliphatic rings. The van der Waals surface area contributed by atoms with Crippen molar-refractivity contribution in [2.75, 3.05) is 13.1 Å². The molecule has 1 unspecified atom stereocenters. The fourth-order valence-electron chi connectivity index (χ4n) is 4.47. The summed E-state index contributed by atoms with van der Waals surface area (Å²) < 4.78 is 40.5. The number of amides is 2. The monoisotopic (exact) mass is 532 g/mol. The molecular formula is C27H27F3N2O4S. The van der Waals surface area contributed by atoms with E-state index in [0.29, 0.717) is 31.4 Å². The lowest BCUT2D eigenvalue weighted by Crippen LogP contribution is -2.50. The van der Waals surface area contributed by atoms with Crippen LogP contribution in [-0.4, -0.2) is 52.2 Å². The minimum atomic E-state index is -1.95. The van der Waals surface area contributed by atoms with E-state index in [2.05, 4.69) is 5.32 Å². The second-order valence-electron chi connectivity index (χ2n) is 9.01. The van der Waals surface area contributed by atoms with Crippen LogP contribution < -0.4 is 5.32 Å². The van der Waals surface area contributed by atoms with Crippen LogP contribution in [0.1, 0.15) is 40.5 Å². The summed E-state index contributed by atoms with van der Waals surface area (Å²) in [6.45, 7) is 0.500. The Labute approximate surface area is 216 Å². The number of halogens is 3. The van der Waals surface area contributed by atoms with Gasteiger partial charge in [-0.3, -0.25) is 9.59 Å². The standard InChI is InChI=1S/C27H27F3N2O4S/c28-19-5-3-17(4-6-19)23-2-1-11-32(23)27(36)25(34)24(33)26(35)31-10-9-21-13-16(15-37-21)12-18-14-20(29)7-8-22(18)30/h3-8,13-15,23-25,33-34H,1-2,9-12H2,(H,31,35)/t23?,24-,25-/m1/s1. The van der Waals surface area contributed by atoms with Gasteiger partial charge in [0.2, 0.25) is 0 Å². The molecule has 0 saturated carbocycles. The van der Waals surface area contributed by atoms with Crippen LogP contribution in [-0.2, 0) is 22.4 Å². The number of rotatable bonds is 9. The highest BCUT2D eigenvalue weighted by molar-refractivity contribution is 7.10. The summed E-state index contributed by atoms with van der Waals surface area (Å²) in [5, 5.41) is 25.1. The number of aliphatic hydroxyl groups is 2. The summed E-state index contributed by atoms with van der Waals surface area (Å²) in [7, 11) is 0. The van der Waals surface area contributed by atoms with Gasteiger partial charge >= 0.3 is 0 Å². The molecule has 0 aliphatic carbocycles. The minimum absolute atomic E-state index is 0.146. The Bertz CT molecular complexity index is 1250. The maximum absolute atomic E-state index is 13.9. The van der Waals surface area contributed by atoms with Gasteiger partial charge in [0.05, 0.1) is 6.04 Å². The second kappa shape index (κ2) is 11.9. The molecule has 3 N–H and O–H groups in total. The van der Waals surface area contributed by atoms with Crippen molar-refractivity contribution in [1.82, 2.24) is 10.2 Å². The summed E-state index contributed by atoms with van der Waals surface area (Å²) in [5.74, 6) is -3.03. The summed E-state index contributed by atoms with van der Waals surface area (Å²) >= 11 is 1.40. The molecule has 2 heterocycles. The Hall–Kier alpha value is -3.21. The van der Waals surface area contributed by atoms with Gasteiger partial charge in [-0.15, -0.1) is 11.3 Å². The molecule has 1 aromatic heterocycles. The fourth-order valence-corrected chi connectivity index (χ4v) is 5.37. The number of carbonyl (C=O) groups is 2. The van der Waals surface area contributed by atoms with E-state index in [4.69, 9.17) is 0 Å². The van der Waals surface area contributed by atoms with E-state index in [-0.39, 0.29) is 24.6 Å². The van der Waals surface area contributed by atoms with Gasteiger partial charge in [-0.2, -0.15) is 0 Å². The molecule has 3 atom stereocenters. The Morgan fingerprint density at radius 1 is 1.03 bits per heavy atom. The van der Waals surface area contributed by atoms with Gasteiger partial charge in [0.25, 0.3) is 11.8 Å². The number of benzene rings is 2. The van der Waals surface area contributed by atoms with Gasteiger partial charge in [0.15, 0.2) is 12.2 Å². The molecule has 6 nitrogen and oxygen atoms in total. The zero-order chi connectivity index (χ0) is 26.5. The number of hydrogen-bond donors (Lipinski definition) is 3. The van der Waals surface area contributed by atoms with E-state index in [1.165, 1.54) is 28.4 Å². The minimum Gasteiger partial charge on any atom is -0.380 e. The topological polar surface area (TPSA) is 89.9 Å². The van der Waals surface area contributed by atoms with Crippen LogP contribution in [0.4, 0.5) is 13.2 Å². The van der Waals surface area contributed by atoms with E-state index in [0.717, 1.165) is 28.6 Å². The highest BCUT2D eigenvalue weighted by atomic mass is 32.1. The SMILES string of the molecule is O=C(NCCc1cc(Cc2cc(F)ccc2F)cs1)[C@H](O)[C@@H](O)C(=O)N1CCCC1c1ccc(F)cc1. The second-order valence-corrected chi connectivity index (χ2v) is 10.0. The summed E-state index contributed by atoms with van der Waals surface area (Å²) in [6, 6.07) is 10.5. The van der Waals surface area contributed by atoms with E-state index < -0.39 is 41.5 Å². The van der Waals surface area contributed by atoms with Gasteiger partial charge in [0.1, 0.15) is 17.5 Å². The number of nitrogens with zero attached hydrogens (tertiary/aromatic N) is 1. The lowest BCUT2D eigenvalue weighted by molar-refractivity contribution is -0.153. The average molecular weight is 533 g/mol. The van der Waals surface area contributed by atoms with Crippen molar-refractivity contribution in [3.63, 3.8) is 0 Å². The molecule has 3 aromatic rings. The van der Waals surface area contributed by atoms with E-state index in [1.807, 2.05) is 11.4 Å². The third-order valence-corrected chi connectivity index (χ3v) is 7.44. The van der Waals surface area contributed by atoms with Crippen LogP contribution in [0.2, 0.25) is 0 Å². The summed E-state index contributed by atoms with van der Waals surface area (Å²) in [5.41, 5.74) is 1.77. The Morgan fingerprint density at radius 3 is 2.51 bits per heavy atom. The smallest absolute Gasteiger partial charge is 0.255 e. The molecule has 2 amide bonds. The largest absolute Gasteiger partial charge is 0.380 e. The first-order valence-corrected chi connectivity index (χ1v) is 12.8. The van der Waals surface area contributed by atoms with E-state index >= 15 is 0 Å². The zero-order valence-corrected chi connectivity index (χ0v) is 20.7. The molecule has 10 heteroatoms. The predicted octanol–water partition coefficient (Wildman–Crippen LogP) is 3.50. The first kappa shape index (κ1) is 26.8.